The van der Waals surface area contributed by atoms with Gasteiger partial charge in [0.25, 0.3) is 0 Å². The van der Waals surface area contributed by atoms with Gasteiger partial charge in [0.2, 0.25) is 5.82 Å². The van der Waals surface area contributed by atoms with E-state index in [9.17, 15) is 4.39 Å². The van der Waals surface area contributed by atoms with Crippen molar-refractivity contribution >= 4 is 0 Å². The van der Waals surface area contributed by atoms with Crippen molar-refractivity contribution in [2.24, 2.45) is 0 Å². The Morgan fingerprint density at radius 2 is 1.63 bits per heavy atom. The van der Waals surface area contributed by atoms with Crippen molar-refractivity contribution in [1.29, 1.82) is 0 Å². The molecule has 2 aromatic carbocycles. The van der Waals surface area contributed by atoms with Crippen LogP contribution < -0.4 is 0 Å². The molecule has 0 aliphatic heterocycles. The number of rotatable bonds is 2. The van der Waals surface area contributed by atoms with Crippen LogP contribution in [0.2, 0.25) is 0 Å². The zero-order valence-corrected chi connectivity index (χ0v) is 10.3. The standard InChI is InChI=1S/C14H11FN4/c1-10-2-4-11(5-3-10)14-16-18-19(17-14)13-8-6-12(15)7-9-13/h2-9H,1H3. The van der Waals surface area contributed by atoms with Crippen LogP contribution in [0.1, 0.15) is 5.56 Å². The van der Waals surface area contributed by atoms with Crippen molar-refractivity contribution < 1.29 is 4.39 Å². The van der Waals surface area contributed by atoms with Crippen LogP contribution in [-0.4, -0.2) is 20.2 Å². The van der Waals surface area contributed by atoms with E-state index in [0.717, 1.165) is 5.56 Å². The number of nitrogens with zero attached hydrogens (tertiary/aromatic N) is 4. The summed E-state index contributed by atoms with van der Waals surface area (Å²) in [5, 5.41) is 12.3. The molecular weight excluding hydrogens is 243 g/mol. The van der Waals surface area contributed by atoms with E-state index in [1.165, 1.54) is 22.5 Å². The maximum absolute atomic E-state index is 12.8. The fourth-order valence-corrected chi connectivity index (χ4v) is 1.72. The van der Waals surface area contributed by atoms with Gasteiger partial charge in [-0.05, 0) is 36.4 Å². The van der Waals surface area contributed by atoms with Gasteiger partial charge in [-0.25, -0.2) is 4.39 Å². The maximum Gasteiger partial charge on any atom is 0.205 e. The monoisotopic (exact) mass is 254 g/mol. The number of hydrogen-bond donors (Lipinski definition) is 0. The fourth-order valence-electron chi connectivity index (χ4n) is 1.72. The number of benzene rings is 2. The highest BCUT2D eigenvalue weighted by Gasteiger charge is 2.06. The van der Waals surface area contributed by atoms with E-state index in [1.54, 1.807) is 12.1 Å². The van der Waals surface area contributed by atoms with Crippen molar-refractivity contribution in [2.45, 2.75) is 6.92 Å². The zero-order valence-electron chi connectivity index (χ0n) is 10.3. The van der Waals surface area contributed by atoms with Gasteiger partial charge in [-0.2, -0.15) is 0 Å². The third-order valence-electron chi connectivity index (χ3n) is 2.78. The second kappa shape index (κ2) is 4.61. The highest BCUT2D eigenvalue weighted by molar-refractivity contribution is 5.54. The Morgan fingerprint density at radius 3 is 2.32 bits per heavy atom. The average Bonchev–Trinajstić information content (AvgIpc) is 2.90. The largest absolute Gasteiger partial charge is 0.207 e. The fraction of sp³-hybridized carbons (Fsp3) is 0.0714. The molecule has 0 amide bonds. The molecule has 0 unspecified atom stereocenters. The Kier molecular flexibility index (Phi) is 2.79. The number of hydrogen-bond acceptors (Lipinski definition) is 3. The molecule has 0 fully saturated rings. The molecule has 1 aromatic heterocycles. The summed E-state index contributed by atoms with van der Waals surface area (Å²) in [5.41, 5.74) is 2.75. The first-order chi connectivity index (χ1) is 9.22. The third-order valence-corrected chi connectivity index (χ3v) is 2.78. The van der Waals surface area contributed by atoms with Gasteiger partial charge in [0, 0.05) is 5.56 Å². The quantitative estimate of drug-likeness (QED) is 0.706. The minimum absolute atomic E-state index is 0.289. The molecule has 0 spiro atoms. The maximum atomic E-state index is 12.8. The summed E-state index contributed by atoms with van der Waals surface area (Å²) in [6, 6.07) is 13.8. The number of tetrazole rings is 1. The van der Waals surface area contributed by atoms with E-state index < -0.39 is 0 Å². The predicted molar refractivity (Wildman–Crippen MR) is 69.3 cm³/mol. The van der Waals surface area contributed by atoms with Gasteiger partial charge >= 0.3 is 0 Å². The molecule has 0 aliphatic carbocycles. The van der Waals surface area contributed by atoms with Crippen LogP contribution in [0.3, 0.4) is 0 Å². The molecule has 5 heteroatoms. The molecule has 0 aliphatic rings. The van der Waals surface area contributed by atoms with Crippen molar-refractivity contribution in [3.8, 4) is 17.1 Å². The van der Waals surface area contributed by atoms with Crippen LogP contribution in [0.25, 0.3) is 17.1 Å². The molecule has 0 atom stereocenters. The van der Waals surface area contributed by atoms with Crippen molar-refractivity contribution in [3.05, 3.63) is 59.9 Å². The molecule has 0 saturated heterocycles. The van der Waals surface area contributed by atoms with E-state index in [1.807, 2.05) is 31.2 Å². The van der Waals surface area contributed by atoms with E-state index in [4.69, 9.17) is 0 Å². The van der Waals surface area contributed by atoms with Gasteiger partial charge in [-0.1, -0.05) is 29.8 Å². The lowest BCUT2D eigenvalue weighted by atomic mass is 10.1. The Balaban J connectivity index is 1.95. The van der Waals surface area contributed by atoms with Crippen molar-refractivity contribution in [3.63, 3.8) is 0 Å². The number of aromatic nitrogens is 4. The summed E-state index contributed by atoms with van der Waals surface area (Å²) in [6.45, 7) is 2.02. The van der Waals surface area contributed by atoms with E-state index >= 15 is 0 Å². The summed E-state index contributed by atoms with van der Waals surface area (Å²) in [7, 11) is 0. The lowest BCUT2D eigenvalue weighted by Gasteiger charge is -1.97. The minimum Gasteiger partial charge on any atom is -0.207 e. The zero-order chi connectivity index (χ0) is 13.2. The van der Waals surface area contributed by atoms with Crippen LogP contribution in [0.15, 0.2) is 48.5 Å². The summed E-state index contributed by atoms with van der Waals surface area (Å²) in [5.74, 6) is 0.256. The van der Waals surface area contributed by atoms with Crippen LogP contribution in [-0.2, 0) is 0 Å². The van der Waals surface area contributed by atoms with Gasteiger partial charge in [0.1, 0.15) is 5.82 Å². The van der Waals surface area contributed by atoms with Gasteiger partial charge in [0.05, 0.1) is 5.69 Å². The second-order valence-electron chi connectivity index (χ2n) is 4.24. The van der Waals surface area contributed by atoms with Crippen LogP contribution in [0.4, 0.5) is 4.39 Å². The molecule has 4 nitrogen and oxygen atoms in total. The van der Waals surface area contributed by atoms with Gasteiger partial charge in [-0.3, -0.25) is 0 Å². The summed E-state index contributed by atoms with van der Waals surface area (Å²) in [4.78, 5) is 1.38. The smallest absolute Gasteiger partial charge is 0.205 e. The molecule has 3 rings (SSSR count). The average molecular weight is 254 g/mol. The van der Waals surface area contributed by atoms with Crippen molar-refractivity contribution in [1.82, 2.24) is 20.2 Å². The van der Waals surface area contributed by atoms with Crippen LogP contribution in [0, 0.1) is 12.7 Å². The van der Waals surface area contributed by atoms with Crippen molar-refractivity contribution in [2.75, 3.05) is 0 Å². The Hall–Kier alpha value is -2.56. The Bertz CT molecular complexity index is 626. The second-order valence-corrected chi connectivity index (χ2v) is 4.24. The van der Waals surface area contributed by atoms with Gasteiger partial charge in [0.15, 0.2) is 0 Å². The number of halogens is 1. The predicted octanol–water partition coefficient (Wildman–Crippen LogP) is 2.78. The van der Waals surface area contributed by atoms with Crippen LogP contribution >= 0.6 is 0 Å². The SMILES string of the molecule is Cc1ccc(-c2nnn(-c3ccc(F)cc3)n2)cc1. The molecular formula is C14H11FN4. The highest BCUT2D eigenvalue weighted by Crippen LogP contribution is 2.15. The highest BCUT2D eigenvalue weighted by atomic mass is 19.1. The lowest BCUT2D eigenvalue weighted by Crippen LogP contribution is -1.98. The lowest BCUT2D eigenvalue weighted by molar-refractivity contribution is 0.625. The molecule has 1 heterocycles. The topological polar surface area (TPSA) is 43.6 Å². The van der Waals surface area contributed by atoms with Gasteiger partial charge < -0.3 is 0 Å². The molecule has 0 radical (unpaired) electrons. The Morgan fingerprint density at radius 1 is 0.947 bits per heavy atom. The Labute approximate surface area is 109 Å². The van der Waals surface area contributed by atoms with E-state index in [2.05, 4.69) is 15.4 Å². The first kappa shape index (κ1) is 11.5. The minimum atomic E-state index is -0.289. The molecule has 94 valence electrons. The molecule has 0 saturated carbocycles. The summed E-state index contributed by atoms with van der Waals surface area (Å²) < 4.78 is 12.8. The van der Waals surface area contributed by atoms with Crippen LogP contribution in [0.5, 0.6) is 0 Å². The molecule has 0 bridgehead atoms. The van der Waals surface area contributed by atoms with E-state index in [-0.39, 0.29) is 5.82 Å². The first-order valence-corrected chi connectivity index (χ1v) is 5.85. The summed E-state index contributed by atoms with van der Waals surface area (Å²) in [6.07, 6.45) is 0. The van der Waals surface area contributed by atoms with E-state index in [0.29, 0.717) is 11.5 Å². The first-order valence-electron chi connectivity index (χ1n) is 5.85. The molecule has 0 N–H and O–H groups in total. The molecule has 3 aromatic rings. The van der Waals surface area contributed by atoms with Gasteiger partial charge in [-0.15, -0.1) is 15.0 Å². The number of aryl methyl sites for hydroxylation is 1. The normalized spacial score (nSPS) is 10.6. The third kappa shape index (κ3) is 2.35. The molecule has 19 heavy (non-hydrogen) atoms. The summed E-state index contributed by atoms with van der Waals surface area (Å²) >= 11 is 0.